The van der Waals surface area contributed by atoms with Gasteiger partial charge in [-0.25, -0.2) is 4.39 Å². The lowest BCUT2D eigenvalue weighted by atomic mass is 9.91. The molecule has 5 nitrogen and oxygen atoms in total. The number of aromatic nitrogens is 1. The van der Waals surface area contributed by atoms with Crippen LogP contribution in [0.2, 0.25) is 0 Å². The lowest BCUT2D eigenvalue weighted by Crippen LogP contribution is -2.35. The van der Waals surface area contributed by atoms with Crippen LogP contribution >= 0.6 is 0 Å². The topological polar surface area (TPSA) is 49.7 Å². The minimum Gasteiger partial charge on any atom is -0.489 e. The molecule has 1 atom stereocenters. The van der Waals surface area contributed by atoms with E-state index in [4.69, 9.17) is 14.2 Å². The smallest absolute Gasteiger partial charge is 0.250 e. The molecule has 1 unspecified atom stereocenters. The number of halogens is 1. The van der Waals surface area contributed by atoms with E-state index in [1.807, 2.05) is 25.1 Å². The van der Waals surface area contributed by atoms with Crippen molar-refractivity contribution < 1.29 is 18.6 Å². The number of benzene rings is 2. The standard InChI is InChI=1S/C27H30FNO4/c1-5-12-31-19-27(7-3,33-13-6-2)22-15-23(28)17-24(16-22)32-18-20-8-10-25-21(14-20)9-11-26(30)29(25)4/h5-6,8-11,14-17H,1-2,7,12-13,18-19H2,3-4H3. The summed E-state index contributed by atoms with van der Waals surface area (Å²) in [6, 6.07) is 13.7. The van der Waals surface area contributed by atoms with Crippen LogP contribution in [0.1, 0.15) is 24.5 Å². The molecule has 0 saturated heterocycles. The Kier molecular flexibility index (Phi) is 8.20. The van der Waals surface area contributed by atoms with E-state index in [9.17, 15) is 9.18 Å². The van der Waals surface area contributed by atoms with Gasteiger partial charge in [0.2, 0.25) is 0 Å². The van der Waals surface area contributed by atoms with Crippen molar-refractivity contribution in [2.45, 2.75) is 25.6 Å². The molecule has 1 aromatic heterocycles. The highest BCUT2D eigenvalue weighted by Crippen LogP contribution is 2.33. The molecule has 33 heavy (non-hydrogen) atoms. The Hall–Kier alpha value is -3.22. The van der Waals surface area contributed by atoms with E-state index in [-0.39, 0.29) is 18.8 Å². The number of aryl methyl sites for hydroxylation is 1. The van der Waals surface area contributed by atoms with Gasteiger partial charge in [0.15, 0.2) is 0 Å². The summed E-state index contributed by atoms with van der Waals surface area (Å²) >= 11 is 0. The highest BCUT2D eigenvalue weighted by Gasteiger charge is 2.32. The van der Waals surface area contributed by atoms with Gasteiger partial charge in [-0.1, -0.05) is 25.1 Å². The van der Waals surface area contributed by atoms with E-state index in [0.717, 1.165) is 16.5 Å². The summed E-state index contributed by atoms with van der Waals surface area (Å²) in [7, 11) is 1.74. The molecule has 0 aliphatic rings. The quantitative estimate of drug-likeness (QED) is 0.278. The zero-order valence-electron chi connectivity index (χ0n) is 19.2. The first-order valence-corrected chi connectivity index (χ1v) is 10.9. The van der Waals surface area contributed by atoms with Crippen molar-refractivity contribution in [2.75, 3.05) is 19.8 Å². The minimum atomic E-state index is -0.842. The normalized spacial score (nSPS) is 12.9. The maximum Gasteiger partial charge on any atom is 0.250 e. The zero-order valence-corrected chi connectivity index (χ0v) is 19.2. The maximum atomic E-state index is 14.6. The number of hydrogen-bond acceptors (Lipinski definition) is 4. The van der Waals surface area contributed by atoms with E-state index in [0.29, 0.717) is 30.9 Å². The van der Waals surface area contributed by atoms with Crippen molar-refractivity contribution in [1.29, 1.82) is 0 Å². The summed E-state index contributed by atoms with van der Waals surface area (Å²) in [6.07, 6.45) is 3.89. The van der Waals surface area contributed by atoms with Crippen LogP contribution in [0, 0.1) is 5.82 Å². The fraction of sp³-hybridized carbons (Fsp3) is 0.296. The van der Waals surface area contributed by atoms with Crippen LogP contribution in [0.25, 0.3) is 10.9 Å². The largest absolute Gasteiger partial charge is 0.489 e. The van der Waals surface area contributed by atoms with Crippen LogP contribution in [-0.4, -0.2) is 24.4 Å². The molecule has 0 bridgehead atoms. The molecule has 0 saturated carbocycles. The molecule has 0 fully saturated rings. The van der Waals surface area contributed by atoms with Crippen LogP contribution in [0.5, 0.6) is 5.75 Å². The summed E-state index contributed by atoms with van der Waals surface area (Å²) in [5.41, 5.74) is 1.48. The van der Waals surface area contributed by atoms with E-state index < -0.39 is 11.4 Å². The molecule has 1 heterocycles. The fourth-order valence-electron chi connectivity index (χ4n) is 3.74. The van der Waals surface area contributed by atoms with Crippen molar-refractivity contribution >= 4 is 10.9 Å². The first-order chi connectivity index (χ1) is 15.9. The van der Waals surface area contributed by atoms with Gasteiger partial charge in [0.05, 0.1) is 25.3 Å². The Bertz CT molecular complexity index is 1190. The highest BCUT2D eigenvalue weighted by molar-refractivity contribution is 5.79. The molecule has 0 radical (unpaired) electrons. The second kappa shape index (κ2) is 11.1. The van der Waals surface area contributed by atoms with Crippen LogP contribution in [0.3, 0.4) is 0 Å². The van der Waals surface area contributed by atoms with Gasteiger partial charge in [0, 0.05) is 19.2 Å². The van der Waals surface area contributed by atoms with Gasteiger partial charge in [-0.2, -0.15) is 0 Å². The van der Waals surface area contributed by atoms with Crippen LogP contribution in [0.4, 0.5) is 4.39 Å². The average Bonchev–Trinajstić information content (AvgIpc) is 2.82. The molecule has 0 aliphatic heterocycles. The van der Waals surface area contributed by atoms with Crippen LogP contribution in [0.15, 0.2) is 78.6 Å². The number of rotatable bonds is 12. The van der Waals surface area contributed by atoms with E-state index in [1.165, 1.54) is 18.2 Å². The number of fused-ring (bicyclic) bond motifs is 1. The summed E-state index contributed by atoms with van der Waals surface area (Å²) < 4.78 is 33.9. The first kappa shape index (κ1) is 24.4. The maximum absolute atomic E-state index is 14.6. The van der Waals surface area contributed by atoms with Gasteiger partial charge in [0.25, 0.3) is 5.56 Å². The molecule has 6 heteroatoms. The lowest BCUT2D eigenvalue weighted by Gasteiger charge is -2.33. The predicted octanol–water partition coefficient (Wildman–Crippen LogP) is 5.27. The van der Waals surface area contributed by atoms with Gasteiger partial charge in [-0.05, 0) is 53.3 Å². The molecule has 0 aliphatic carbocycles. The summed E-state index contributed by atoms with van der Waals surface area (Å²) in [5.74, 6) is -0.0194. The molecule has 174 valence electrons. The number of pyridine rings is 1. The van der Waals surface area contributed by atoms with Gasteiger partial charge in [-0.3, -0.25) is 4.79 Å². The number of ether oxygens (including phenoxy) is 3. The predicted molar refractivity (Wildman–Crippen MR) is 129 cm³/mol. The first-order valence-electron chi connectivity index (χ1n) is 10.9. The van der Waals surface area contributed by atoms with Crippen molar-refractivity contribution in [3.05, 3.63) is 101 Å². The van der Waals surface area contributed by atoms with E-state index in [2.05, 4.69) is 13.2 Å². The van der Waals surface area contributed by atoms with Gasteiger partial charge >= 0.3 is 0 Å². The van der Waals surface area contributed by atoms with Gasteiger partial charge in [0.1, 0.15) is 23.8 Å². The molecule has 3 rings (SSSR count). The molecule has 0 spiro atoms. The van der Waals surface area contributed by atoms with Gasteiger partial charge < -0.3 is 18.8 Å². The third kappa shape index (κ3) is 5.78. The fourth-order valence-corrected chi connectivity index (χ4v) is 3.74. The second-order valence-electron chi connectivity index (χ2n) is 7.84. The third-order valence-electron chi connectivity index (χ3n) is 5.61. The molecule has 0 amide bonds. The third-order valence-corrected chi connectivity index (χ3v) is 5.61. The van der Waals surface area contributed by atoms with Crippen molar-refractivity contribution in [3.63, 3.8) is 0 Å². The lowest BCUT2D eigenvalue weighted by molar-refractivity contribution is -0.0928. The SMILES string of the molecule is C=CCOCC(CC)(OCC=C)c1cc(F)cc(OCc2ccc3c(ccc(=O)n3C)c2)c1. The monoisotopic (exact) mass is 451 g/mol. The zero-order chi connectivity index (χ0) is 23.8. The second-order valence-corrected chi connectivity index (χ2v) is 7.84. The molecular formula is C27H30FNO4. The van der Waals surface area contributed by atoms with Crippen molar-refractivity contribution in [2.24, 2.45) is 7.05 Å². The molecule has 3 aromatic rings. The van der Waals surface area contributed by atoms with Crippen molar-refractivity contribution in [1.82, 2.24) is 4.57 Å². The van der Waals surface area contributed by atoms with Crippen LogP contribution < -0.4 is 10.3 Å². The Labute approximate surface area is 193 Å². The molecular weight excluding hydrogens is 421 g/mol. The summed E-state index contributed by atoms with van der Waals surface area (Å²) in [5, 5.41) is 0.931. The number of hydrogen-bond donors (Lipinski definition) is 0. The highest BCUT2D eigenvalue weighted by atomic mass is 19.1. The Morgan fingerprint density at radius 1 is 1.06 bits per heavy atom. The molecule has 2 aromatic carbocycles. The Morgan fingerprint density at radius 3 is 2.58 bits per heavy atom. The summed E-state index contributed by atoms with van der Waals surface area (Å²) in [6.45, 7) is 10.5. The Morgan fingerprint density at radius 2 is 1.85 bits per heavy atom. The minimum absolute atomic E-state index is 0.0612. The molecule has 0 N–H and O–H groups in total. The van der Waals surface area contributed by atoms with Crippen LogP contribution in [-0.2, 0) is 28.7 Å². The average molecular weight is 452 g/mol. The van der Waals surface area contributed by atoms with E-state index >= 15 is 0 Å². The number of nitrogens with zero attached hydrogens (tertiary/aromatic N) is 1. The van der Waals surface area contributed by atoms with Gasteiger partial charge in [-0.15, -0.1) is 13.2 Å². The summed E-state index contributed by atoms with van der Waals surface area (Å²) in [4.78, 5) is 11.8. The van der Waals surface area contributed by atoms with Crippen molar-refractivity contribution in [3.8, 4) is 5.75 Å². The van der Waals surface area contributed by atoms with E-state index in [1.54, 1.807) is 35.9 Å². The Balaban J connectivity index is 1.85.